The van der Waals surface area contributed by atoms with Crippen molar-refractivity contribution in [1.29, 1.82) is 0 Å². The third-order valence-electron chi connectivity index (χ3n) is 8.66. The number of carbonyl (C=O) groups is 6. The minimum atomic E-state index is -0.863. The first kappa shape index (κ1) is 42.0. The summed E-state index contributed by atoms with van der Waals surface area (Å²) < 4.78 is 10.3. The largest absolute Gasteiger partial charge is 0.497 e. The zero-order chi connectivity index (χ0) is 37.4. The van der Waals surface area contributed by atoms with E-state index in [0.29, 0.717) is 38.0 Å². The molecule has 5 amide bonds. The highest BCUT2D eigenvalue weighted by atomic mass is 16.5. The van der Waals surface area contributed by atoms with Gasteiger partial charge in [0.15, 0.2) is 0 Å². The van der Waals surface area contributed by atoms with Gasteiger partial charge in [0, 0.05) is 33.5 Å². The Balaban J connectivity index is 2.07. The average molecular weight is 703 g/mol. The number of carbonyl (C=O) groups excluding carboxylic acids is 6. The van der Waals surface area contributed by atoms with E-state index in [0.717, 1.165) is 12.0 Å². The van der Waals surface area contributed by atoms with Gasteiger partial charge < -0.3 is 35.6 Å². The molecule has 14 nitrogen and oxygen atoms in total. The van der Waals surface area contributed by atoms with E-state index in [1.54, 1.807) is 19.2 Å². The van der Waals surface area contributed by atoms with Crippen LogP contribution in [0.5, 0.6) is 5.75 Å². The van der Waals surface area contributed by atoms with Crippen LogP contribution in [0.1, 0.15) is 78.7 Å². The third kappa shape index (κ3) is 13.6. The molecule has 1 aliphatic heterocycles. The molecule has 50 heavy (non-hydrogen) atoms. The summed E-state index contributed by atoms with van der Waals surface area (Å²) in [6.45, 7) is 9.98. The zero-order valence-corrected chi connectivity index (χ0v) is 30.9. The Morgan fingerprint density at radius 2 is 1.48 bits per heavy atom. The number of benzene rings is 1. The number of likely N-dealkylation sites (N-methyl/N-ethyl adjacent to an activating group) is 1. The van der Waals surface area contributed by atoms with Crippen LogP contribution in [0.25, 0.3) is 0 Å². The van der Waals surface area contributed by atoms with Crippen LogP contribution in [-0.4, -0.2) is 105 Å². The Kier molecular flexibility index (Phi) is 17.7. The van der Waals surface area contributed by atoms with Crippen LogP contribution in [0, 0.1) is 11.8 Å². The van der Waals surface area contributed by atoms with Gasteiger partial charge in [-0.25, -0.2) is 0 Å². The lowest BCUT2D eigenvalue weighted by Crippen LogP contribution is -2.56. The molecule has 1 fully saturated rings. The number of hydrogen-bond donors (Lipinski definition) is 5. The minimum Gasteiger partial charge on any atom is -0.497 e. The maximum atomic E-state index is 13.6. The first-order chi connectivity index (χ1) is 23.7. The molecule has 280 valence electrons. The summed E-state index contributed by atoms with van der Waals surface area (Å²) in [7, 11) is 4.34. The molecule has 14 heteroatoms. The highest BCUT2D eigenvalue weighted by molar-refractivity contribution is 5.92. The summed E-state index contributed by atoms with van der Waals surface area (Å²) in [5, 5.41) is 14.3. The second-order valence-electron chi connectivity index (χ2n) is 13.6. The van der Waals surface area contributed by atoms with E-state index < -0.39 is 42.1 Å². The van der Waals surface area contributed by atoms with Crippen molar-refractivity contribution in [3.63, 3.8) is 0 Å². The molecule has 0 radical (unpaired) electrons. The Morgan fingerprint density at radius 1 is 0.840 bits per heavy atom. The maximum absolute atomic E-state index is 13.6. The van der Waals surface area contributed by atoms with Crippen molar-refractivity contribution < 1.29 is 38.2 Å². The molecule has 0 aliphatic carbocycles. The van der Waals surface area contributed by atoms with Crippen LogP contribution in [0.4, 0.5) is 0 Å². The van der Waals surface area contributed by atoms with Gasteiger partial charge in [0.2, 0.25) is 29.5 Å². The molecule has 5 N–H and O–H groups in total. The molecule has 2 rings (SSSR count). The van der Waals surface area contributed by atoms with Crippen molar-refractivity contribution in [2.24, 2.45) is 11.8 Å². The summed E-state index contributed by atoms with van der Waals surface area (Å²) in [4.78, 5) is 79.0. The predicted molar refractivity (Wildman–Crippen MR) is 189 cm³/mol. The van der Waals surface area contributed by atoms with Gasteiger partial charge in [0.1, 0.15) is 29.9 Å². The number of amides is 5. The van der Waals surface area contributed by atoms with Gasteiger partial charge in [-0.2, -0.15) is 0 Å². The van der Waals surface area contributed by atoms with E-state index in [-0.39, 0.29) is 54.9 Å². The number of hydrogen-bond acceptors (Lipinski definition) is 9. The number of likely N-dealkylation sites (tertiary alicyclic amines) is 1. The van der Waals surface area contributed by atoms with Gasteiger partial charge in [-0.3, -0.25) is 34.1 Å². The molecule has 1 aromatic carbocycles. The Morgan fingerprint density at radius 3 is 2.04 bits per heavy atom. The second kappa shape index (κ2) is 21.1. The van der Waals surface area contributed by atoms with Crippen molar-refractivity contribution >= 4 is 35.5 Å². The monoisotopic (exact) mass is 702 g/mol. The first-order valence-corrected chi connectivity index (χ1v) is 17.5. The Labute approximate surface area is 296 Å². The summed E-state index contributed by atoms with van der Waals surface area (Å²) in [5.41, 5.74) is 0.828. The lowest BCUT2D eigenvalue weighted by atomic mass is 9.99. The van der Waals surface area contributed by atoms with Crippen LogP contribution in [-0.2, 0) is 39.9 Å². The van der Waals surface area contributed by atoms with Crippen LogP contribution in [0.3, 0.4) is 0 Å². The second-order valence-corrected chi connectivity index (χ2v) is 13.6. The summed E-state index contributed by atoms with van der Waals surface area (Å²) >= 11 is 0. The van der Waals surface area contributed by atoms with E-state index in [4.69, 9.17) is 9.47 Å². The number of methoxy groups -OCH3 is 2. The van der Waals surface area contributed by atoms with E-state index in [1.165, 1.54) is 26.0 Å². The molecular formula is C36H58N6O8. The van der Waals surface area contributed by atoms with Gasteiger partial charge in [-0.15, -0.1) is 0 Å². The molecule has 0 aromatic heterocycles. The number of esters is 1. The molecule has 0 saturated carbocycles. The van der Waals surface area contributed by atoms with Crippen molar-refractivity contribution in [1.82, 2.24) is 31.5 Å². The Bertz CT molecular complexity index is 1290. The molecule has 1 aromatic rings. The highest BCUT2D eigenvalue weighted by Crippen LogP contribution is 2.18. The number of nitrogens with one attached hydrogen (secondary N) is 5. The van der Waals surface area contributed by atoms with Crippen molar-refractivity contribution in [3.05, 3.63) is 29.8 Å². The zero-order valence-electron chi connectivity index (χ0n) is 30.9. The first-order valence-electron chi connectivity index (χ1n) is 17.5. The lowest BCUT2D eigenvalue weighted by molar-refractivity contribution is -0.144. The van der Waals surface area contributed by atoms with Gasteiger partial charge in [0.25, 0.3) is 0 Å². The van der Waals surface area contributed by atoms with Crippen molar-refractivity contribution in [3.8, 4) is 5.75 Å². The average Bonchev–Trinajstić information content (AvgIpc) is 3.58. The predicted octanol–water partition coefficient (Wildman–Crippen LogP) is 1.45. The summed E-state index contributed by atoms with van der Waals surface area (Å²) in [6, 6.07) is 3.31. The van der Waals surface area contributed by atoms with E-state index in [2.05, 4.69) is 26.6 Å². The highest BCUT2D eigenvalue weighted by Gasteiger charge is 2.35. The van der Waals surface area contributed by atoms with E-state index in [1.807, 2.05) is 39.8 Å². The molecule has 1 saturated heterocycles. The Hall–Kier alpha value is -4.20. The minimum absolute atomic E-state index is 0.0794. The topological polar surface area (TPSA) is 184 Å². The molecule has 1 heterocycles. The summed E-state index contributed by atoms with van der Waals surface area (Å²) in [5.74, 6) is -1.34. The molecule has 0 spiro atoms. The fourth-order valence-electron chi connectivity index (χ4n) is 6.06. The van der Waals surface area contributed by atoms with Crippen LogP contribution in [0.2, 0.25) is 0 Å². The van der Waals surface area contributed by atoms with Crippen LogP contribution in [0.15, 0.2) is 24.3 Å². The lowest BCUT2D eigenvalue weighted by Gasteiger charge is -2.27. The number of nitrogens with zero attached hydrogens (tertiary/aromatic N) is 1. The SMILES string of the molecule is CNC(=O)[C@H](Cc1ccc(OC)cc1)NC(=O)[C@H](CC(C)C)N[C@H](CCCNC(=O)[C@H](CC(C)C)NC(=O)[C@@H]1CCCN1C(C)=O)C(=O)OC. The van der Waals surface area contributed by atoms with Gasteiger partial charge in [-0.05, 0) is 68.1 Å². The summed E-state index contributed by atoms with van der Waals surface area (Å²) in [6.07, 6.45) is 2.94. The van der Waals surface area contributed by atoms with Gasteiger partial charge in [-0.1, -0.05) is 39.8 Å². The van der Waals surface area contributed by atoms with Gasteiger partial charge in [0.05, 0.1) is 20.3 Å². The normalized spacial score (nSPS) is 16.6. The molecule has 0 bridgehead atoms. The number of ether oxygens (including phenoxy) is 2. The maximum Gasteiger partial charge on any atom is 0.322 e. The third-order valence-corrected chi connectivity index (χ3v) is 8.66. The molecular weight excluding hydrogens is 644 g/mol. The fourth-order valence-corrected chi connectivity index (χ4v) is 6.06. The quantitative estimate of drug-likeness (QED) is 0.0992. The fraction of sp³-hybridized carbons (Fsp3) is 0.667. The van der Waals surface area contributed by atoms with E-state index >= 15 is 0 Å². The van der Waals surface area contributed by atoms with Crippen molar-refractivity contribution in [2.75, 3.05) is 34.4 Å². The molecule has 1 aliphatic rings. The standard InChI is InChI=1S/C36H58N6O8/c1-22(2)19-28(41-35(47)31-12-10-18-42(31)24(5)43)33(45)38-17-9-11-27(36(48)50-8)39-29(20-23(3)4)34(46)40-30(32(44)37-6)21-25-13-15-26(49-7)16-14-25/h13-16,22-23,27-31,39H,9-12,17-21H2,1-8H3,(H,37,44)(H,38,45)(H,40,46)(H,41,47)/t27-,28+,29+,30+,31+/m1/s1. The van der Waals surface area contributed by atoms with Crippen molar-refractivity contribution in [2.45, 2.75) is 110 Å². The molecule has 5 atom stereocenters. The van der Waals surface area contributed by atoms with Crippen LogP contribution < -0.4 is 31.3 Å². The smallest absolute Gasteiger partial charge is 0.322 e. The van der Waals surface area contributed by atoms with E-state index in [9.17, 15) is 28.8 Å². The molecule has 0 unspecified atom stereocenters. The van der Waals surface area contributed by atoms with Crippen LogP contribution >= 0.6 is 0 Å². The van der Waals surface area contributed by atoms with Gasteiger partial charge >= 0.3 is 5.97 Å². The number of rotatable bonds is 20.